The fourth-order valence-electron chi connectivity index (χ4n) is 3.91. The molecule has 166 valence electrons. The average Bonchev–Trinajstić information content (AvgIpc) is 3.27. The molecular formula is C26H31N5O. The third-order valence-corrected chi connectivity index (χ3v) is 5.96. The minimum Gasteiger partial charge on any atom is -0.351 e. The molecule has 1 atom stereocenters. The molecule has 1 saturated heterocycles. The van der Waals surface area contributed by atoms with Gasteiger partial charge in [0, 0.05) is 62.2 Å². The van der Waals surface area contributed by atoms with E-state index in [0.717, 1.165) is 48.7 Å². The van der Waals surface area contributed by atoms with Gasteiger partial charge in [0.25, 0.3) is 0 Å². The quantitative estimate of drug-likeness (QED) is 0.586. The van der Waals surface area contributed by atoms with Crippen LogP contribution >= 0.6 is 0 Å². The number of amides is 1. The predicted octanol–water partition coefficient (Wildman–Crippen LogP) is 3.30. The maximum Gasteiger partial charge on any atom is 0.244 e. The number of likely N-dealkylation sites (N-methyl/N-ethyl adjacent to an activating group) is 1. The second kappa shape index (κ2) is 10.4. The Labute approximate surface area is 190 Å². The van der Waals surface area contributed by atoms with Crippen LogP contribution in [0.15, 0.2) is 72.9 Å². The number of benzene rings is 2. The van der Waals surface area contributed by atoms with Crippen molar-refractivity contribution in [3.05, 3.63) is 78.5 Å². The van der Waals surface area contributed by atoms with Crippen molar-refractivity contribution in [3.8, 4) is 16.9 Å². The molecule has 0 saturated carbocycles. The van der Waals surface area contributed by atoms with Gasteiger partial charge in [-0.2, -0.15) is 5.10 Å². The molecule has 0 radical (unpaired) electrons. The van der Waals surface area contributed by atoms with Crippen LogP contribution in [0.1, 0.15) is 12.5 Å². The first kappa shape index (κ1) is 22.0. The summed E-state index contributed by atoms with van der Waals surface area (Å²) < 4.78 is 1.86. The maximum absolute atomic E-state index is 12.5. The van der Waals surface area contributed by atoms with Gasteiger partial charge in [0.1, 0.15) is 0 Å². The highest BCUT2D eigenvalue weighted by molar-refractivity contribution is 5.92. The van der Waals surface area contributed by atoms with Gasteiger partial charge in [-0.25, -0.2) is 4.68 Å². The van der Waals surface area contributed by atoms with Crippen LogP contribution < -0.4 is 5.32 Å². The second-order valence-electron chi connectivity index (χ2n) is 8.35. The first-order valence-electron chi connectivity index (χ1n) is 11.2. The van der Waals surface area contributed by atoms with E-state index in [1.807, 2.05) is 77.6 Å². The lowest BCUT2D eigenvalue weighted by atomic mass is 10.1. The molecular weight excluding hydrogens is 398 g/mol. The Morgan fingerprint density at radius 1 is 1.03 bits per heavy atom. The zero-order valence-corrected chi connectivity index (χ0v) is 18.8. The molecule has 1 amide bonds. The lowest BCUT2D eigenvalue weighted by Gasteiger charge is -2.36. The summed E-state index contributed by atoms with van der Waals surface area (Å²) in [5, 5.41) is 7.84. The van der Waals surface area contributed by atoms with Crippen LogP contribution in [0.25, 0.3) is 23.0 Å². The minimum absolute atomic E-state index is 0.0857. The summed E-state index contributed by atoms with van der Waals surface area (Å²) in [6.07, 6.45) is 5.43. The van der Waals surface area contributed by atoms with Crippen molar-refractivity contribution >= 4 is 12.0 Å². The van der Waals surface area contributed by atoms with E-state index in [1.165, 1.54) is 0 Å². The Hall–Kier alpha value is -3.22. The second-order valence-corrected chi connectivity index (χ2v) is 8.35. The van der Waals surface area contributed by atoms with Crippen molar-refractivity contribution in [2.75, 3.05) is 39.8 Å². The molecule has 1 unspecified atom stereocenters. The molecule has 2 heterocycles. The zero-order valence-electron chi connectivity index (χ0n) is 18.8. The summed E-state index contributed by atoms with van der Waals surface area (Å²) >= 11 is 0. The van der Waals surface area contributed by atoms with Crippen molar-refractivity contribution < 1.29 is 4.79 Å². The summed E-state index contributed by atoms with van der Waals surface area (Å²) in [7, 11) is 2.15. The molecule has 1 aliphatic rings. The number of aromatic nitrogens is 2. The minimum atomic E-state index is -0.0857. The van der Waals surface area contributed by atoms with Gasteiger partial charge in [-0.15, -0.1) is 0 Å². The highest BCUT2D eigenvalue weighted by Gasteiger charge is 2.19. The van der Waals surface area contributed by atoms with Crippen LogP contribution in [0.4, 0.5) is 0 Å². The molecule has 6 heteroatoms. The van der Waals surface area contributed by atoms with Crippen molar-refractivity contribution in [1.29, 1.82) is 0 Å². The van der Waals surface area contributed by atoms with E-state index in [2.05, 4.69) is 29.1 Å². The zero-order chi connectivity index (χ0) is 22.3. The summed E-state index contributed by atoms with van der Waals surface area (Å²) in [5.41, 5.74) is 3.76. The Kier molecular flexibility index (Phi) is 7.14. The molecule has 0 spiro atoms. The molecule has 2 aromatic carbocycles. The van der Waals surface area contributed by atoms with Crippen LogP contribution in [0.3, 0.4) is 0 Å². The SMILES string of the molecule is CC(CNC(=O)C=Cc1cn(-c2ccccc2)nc1-c1ccccc1)N1CCN(C)CC1. The Morgan fingerprint density at radius 2 is 1.69 bits per heavy atom. The molecule has 1 fully saturated rings. The normalized spacial score (nSPS) is 16.3. The van der Waals surface area contributed by atoms with Crippen LogP contribution in [0.5, 0.6) is 0 Å². The molecule has 3 aromatic rings. The van der Waals surface area contributed by atoms with Gasteiger partial charge in [-0.1, -0.05) is 48.5 Å². The largest absolute Gasteiger partial charge is 0.351 e. The highest BCUT2D eigenvalue weighted by Crippen LogP contribution is 2.24. The molecule has 0 aliphatic carbocycles. The van der Waals surface area contributed by atoms with Crippen LogP contribution in [-0.2, 0) is 4.79 Å². The fourth-order valence-corrected chi connectivity index (χ4v) is 3.91. The number of hydrogen-bond donors (Lipinski definition) is 1. The van der Waals surface area contributed by atoms with E-state index in [4.69, 9.17) is 5.10 Å². The van der Waals surface area contributed by atoms with E-state index in [0.29, 0.717) is 12.6 Å². The standard InChI is InChI=1S/C26H31N5O/c1-21(30-17-15-29(2)16-18-30)19-27-25(32)14-13-23-20-31(24-11-7-4-8-12-24)28-26(23)22-9-5-3-6-10-22/h3-14,20-21H,15-19H2,1-2H3,(H,27,32). The maximum atomic E-state index is 12.5. The van der Waals surface area contributed by atoms with Crippen molar-refractivity contribution in [3.63, 3.8) is 0 Å². The number of nitrogens with one attached hydrogen (secondary N) is 1. The number of para-hydroxylation sites is 1. The monoisotopic (exact) mass is 429 g/mol. The van der Waals surface area contributed by atoms with Crippen LogP contribution in [-0.4, -0.2) is 71.3 Å². The third kappa shape index (κ3) is 5.52. The predicted molar refractivity (Wildman–Crippen MR) is 130 cm³/mol. The van der Waals surface area contributed by atoms with E-state index >= 15 is 0 Å². The van der Waals surface area contributed by atoms with Gasteiger partial charge >= 0.3 is 0 Å². The number of piperazine rings is 1. The molecule has 1 N–H and O–H groups in total. The van der Waals surface area contributed by atoms with E-state index in [9.17, 15) is 4.79 Å². The van der Waals surface area contributed by atoms with Crippen molar-refractivity contribution in [2.24, 2.45) is 0 Å². The lowest BCUT2D eigenvalue weighted by molar-refractivity contribution is -0.116. The lowest BCUT2D eigenvalue weighted by Crippen LogP contribution is -2.51. The molecule has 1 aliphatic heterocycles. The van der Waals surface area contributed by atoms with E-state index in [-0.39, 0.29) is 5.91 Å². The summed E-state index contributed by atoms with van der Waals surface area (Å²) in [6, 6.07) is 20.4. The Balaban J connectivity index is 1.45. The molecule has 0 bridgehead atoms. The fraction of sp³-hybridized carbons (Fsp3) is 0.308. The number of rotatable bonds is 7. The van der Waals surface area contributed by atoms with Gasteiger partial charge in [0.15, 0.2) is 0 Å². The van der Waals surface area contributed by atoms with Crippen LogP contribution in [0, 0.1) is 0 Å². The van der Waals surface area contributed by atoms with Gasteiger partial charge < -0.3 is 10.2 Å². The Bertz CT molecular complexity index is 1040. The Morgan fingerprint density at radius 3 is 2.38 bits per heavy atom. The summed E-state index contributed by atoms with van der Waals surface area (Å²) in [5.74, 6) is -0.0857. The van der Waals surface area contributed by atoms with Crippen molar-refractivity contribution in [1.82, 2.24) is 24.9 Å². The first-order valence-corrected chi connectivity index (χ1v) is 11.2. The van der Waals surface area contributed by atoms with Gasteiger partial charge in [0.05, 0.1) is 11.4 Å². The van der Waals surface area contributed by atoms with Gasteiger partial charge in [-0.3, -0.25) is 9.69 Å². The number of hydrogen-bond acceptors (Lipinski definition) is 4. The molecule has 1 aromatic heterocycles. The summed E-state index contributed by atoms with van der Waals surface area (Å²) in [6.45, 7) is 7.05. The summed E-state index contributed by atoms with van der Waals surface area (Å²) in [4.78, 5) is 17.3. The highest BCUT2D eigenvalue weighted by atomic mass is 16.1. The number of carbonyl (C=O) groups is 1. The van der Waals surface area contributed by atoms with Gasteiger partial charge in [0.2, 0.25) is 5.91 Å². The topological polar surface area (TPSA) is 53.4 Å². The molecule has 32 heavy (non-hydrogen) atoms. The third-order valence-electron chi connectivity index (χ3n) is 5.96. The first-order chi connectivity index (χ1) is 15.6. The smallest absolute Gasteiger partial charge is 0.244 e. The van der Waals surface area contributed by atoms with Crippen molar-refractivity contribution in [2.45, 2.75) is 13.0 Å². The van der Waals surface area contributed by atoms with Crippen LogP contribution in [0.2, 0.25) is 0 Å². The number of carbonyl (C=O) groups excluding carboxylic acids is 1. The van der Waals surface area contributed by atoms with E-state index in [1.54, 1.807) is 6.08 Å². The average molecular weight is 430 g/mol. The molecule has 6 nitrogen and oxygen atoms in total. The number of nitrogens with zero attached hydrogens (tertiary/aromatic N) is 4. The van der Waals surface area contributed by atoms with Gasteiger partial charge in [-0.05, 0) is 32.2 Å². The van der Waals surface area contributed by atoms with E-state index < -0.39 is 0 Å². The molecule has 4 rings (SSSR count).